The number of fused-ring (bicyclic) bond motifs is 1. The molecule has 0 spiro atoms. The van der Waals surface area contributed by atoms with Crippen molar-refractivity contribution in [3.05, 3.63) is 35.4 Å². The summed E-state index contributed by atoms with van der Waals surface area (Å²) in [5, 5.41) is 30.6. The third-order valence-corrected chi connectivity index (χ3v) is 3.13. The van der Waals surface area contributed by atoms with Gasteiger partial charge in [-0.05, 0) is 10.8 Å². The zero-order valence-electron chi connectivity index (χ0n) is 11.1. The highest BCUT2D eigenvalue weighted by atomic mass is 16.4. The zero-order valence-corrected chi connectivity index (χ0v) is 11.1. The zero-order chi connectivity index (χ0) is 14.4. The van der Waals surface area contributed by atoms with Gasteiger partial charge < -0.3 is 15.3 Å². The molecule has 0 heterocycles. The molecule has 2 aromatic carbocycles. The van der Waals surface area contributed by atoms with Crippen LogP contribution in [0.3, 0.4) is 0 Å². The fraction of sp³-hybridized carbons (Fsp3) is 0.267. The van der Waals surface area contributed by atoms with Gasteiger partial charge in [0, 0.05) is 10.9 Å². The molecule has 0 atom stereocenters. The number of aromatic carboxylic acids is 1. The molecule has 4 nitrogen and oxygen atoms in total. The molecular weight excluding hydrogens is 244 g/mol. The average Bonchev–Trinajstić information content (AvgIpc) is 2.26. The average molecular weight is 260 g/mol. The summed E-state index contributed by atoms with van der Waals surface area (Å²) in [5.74, 6) is -2.10. The van der Waals surface area contributed by atoms with Gasteiger partial charge in [0.2, 0.25) is 0 Å². The lowest BCUT2D eigenvalue weighted by molar-refractivity contribution is 0.0690. The fourth-order valence-corrected chi connectivity index (χ4v) is 2.37. The standard InChI is InChI=1S/C15H16O4/c1-15(2,3)11-8-6-4-5-7-9(8)12(16)10(13(11)17)14(18)19/h4-7,16-17H,1-3H3,(H,18,19). The molecule has 0 aliphatic carbocycles. The highest BCUT2D eigenvalue weighted by Gasteiger charge is 2.29. The van der Waals surface area contributed by atoms with E-state index in [1.54, 1.807) is 24.3 Å². The van der Waals surface area contributed by atoms with Gasteiger partial charge in [-0.25, -0.2) is 4.79 Å². The van der Waals surface area contributed by atoms with Gasteiger partial charge in [0.25, 0.3) is 0 Å². The molecule has 2 aromatic rings. The molecule has 0 saturated carbocycles. The predicted octanol–water partition coefficient (Wildman–Crippen LogP) is 3.25. The first-order valence-corrected chi connectivity index (χ1v) is 5.95. The van der Waals surface area contributed by atoms with Crippen LogP contribution in [-0.2, 0) is 5.41 Å². The van der Waals surface area contributed by atoms with E-state index in [2.05, 4.69) is 0 Å². The van der Waals surface area contributed by atoms with Crippen molar-refractivity contribution in [2.24, 2.45) is 0 Å². The fourth-order valence-electron chi connectivity index (χ4n) is 2.37. The van der Waals surface area contributed by atoms with Gasteiger partial charge in [0.05, 0.1) is 0 Å². The summed E-state index contributed by atoms with van der Waals surface area (Å²) in [6.45, 7) is 5.66. The Balaban J connectivity index is 3.06. The van der Waals surface area contributed by atoms with Gasteiger partial charge in [-0.2, -0.15) is 0 Å². The Bertz CT molecular complexity index is 666. The van der Waals surface area contributed by atoms with Crippen LogP contribution in [0.15, 0.2) is 24.3 Å². The highest BCUT2D eigenvalue weighted by molar-refractivity contribution is 6.05. The molecular formula is C15H16O4. The minimum absolute atomic E-state index is 0.365. The third kappa shape index (κ3) is 1.99. The Kier molecular flexibility index (Phi) is 2.89. The molecule has 0 saturated heterocycles. The number of hydrogen-bond acceptors (Lipinski definition) is 3. The Labute approximate surface area is 110 Å². The van der Waals surface area contributed by atoms with E-state index in [0.717, 1.165) is 0 Å². The Morgan fingerprint density at radius 3 is 2.00 bits per heavy atom. The predicted molar refractivity (Wildman–Crippen MR) is 72.9 cm³/mol. The second-order valence-corrected chi connectivity index (χ2v) is 5.55. The normalized spacial score (nSPS) is 11.7. The molecule has 3 N–H and O–H groups in total. The van der Waals surface area contributed by atoms with Gasteiger partial charge >= 0.3 is 5.97 Å². The number of carbonyl (C=O) groups is 1. The SMILES string of the molecule is CC(C)(C)c1c(O)c(C(=O)O)c(O)c2ccccc12. The maximum Gasteiger partial charge on any atom is 0.343 e. The van der Waals surface area contributed by atoms with Crippen molar-refractivity contribution >= 4 is 16.7 Å². The molecule has 0 aromatic heterocycles. The van der Waals surface area contributed by atoms with Crippen LogP contribution < -0.4 is 0 Å². The minimum atomic E-state index is -1.34. The van der Waals surface area contributed by atoms with Crippen molar-refractivity contribution in [2.45, 2.75) is 26.2 Å². The first-order valence-electron chi connectivity index (χ1n) is 5.95. The van der Waals surface area contributed by atoms with Crippen LogP contribution >= 0.6 is 0 Å². The Hall–Kier alpha value is -2.23. The molecule has 19 heavy (non-hydrogen) atoms. The molecule has 0 aliphatic rings. The topological polar surface area (TPSA) is 77.8 Å². The molecule has 2 rings (SSSR count). The molecule has 0 amide bonds. The summed E-state index contributed by atoms with van der Waals surface area (Å²) in [5.41, 5.74) is -0.358. The number of hydrogen-bond donors (Lipinski definition) is 3. The molecule has 0 radical (unpaired) electrons. The van der Waals surface area contributed by atoms with Crippen molar-refractivity contribution in [2.75, 3.05) is 0 Å². The maximum absolute atomic E-state index is 11.2. The second kappa shape index (κ2) is 4.16. The van der Waals surface area contributed by atoms with E-state index in [0.29, 0.717) is 16.3 Å². The lowest BCUT2D eigenvalue weighted by Crippen LogP contribution is -2.14. The van der Waals surface area contributed by atoms with E-state index >= 15 is 0 Å². The van der Waals surface area contributed by atoms with Gasteiger partial charge in [-0.3, -0.25) is 0 Å². The van der Waals surface area contributed by atoms with Crippen molar-refractivity contribution < 1.29 is 20.1 Å². The first-order chi connectivity index (χ1) is 8.75. The van der Waals surface area contributed by atoms with Crippen LogP contribution in [-0.4, -0.2) is 21.3 Å². The number of carboxylic acids is 1. The molecule has 100 valence electrons. The number of benzene rings is 2. The van der Waals surface area contributed by atoms with Crippen molar-refractivity contribution in [3.8, 4) is 11.5 Å². The second-order valence-electron chi connectivity index (χ2n) is 5.55. The summed E-state index contributed by atoms with van der Waals surface area (Å²) in [4.78, 5) is 11.2. The van der Waals surface area contributed by atoms with Crippen molar-refractivity contribution in [3.63, 3.8) is 0 Å². The van der Waals surface area contributed by atoms with Gasteiger partial charge in [0.15, 0.2) is 0 Å². The van der Waals surface area contributed by atoms with Gasteiger partial charge in [0.1, 0.15) is 17.1 Å². The minimum Gasteiger partial charge on any atom is -0.507 e. The van der Waals surface area contributed by atoms with Crippen LogP contribution in [0, 0.1) is 0 Å². The van der Waals surface area contributed by atoms with Crippen LogP contribution in [0.4, 0.5) is 0 Å². The molecule has 0 unspecified atom stereocenters. The largest absolute Gasteiger partial charge is 0.507 e. The summed E-state index contributed by atoms with van der Waals surface area (Å²) in [6.07, 6.45) is 0. The van der Waals surface area contributed by atoms with Crippen molar-refractivity contribution in [1.82, 2.24) is 0 Å². The quantitative estimate of drug-likeness (QED) is 0.735. The van der Waals surface area contributed by atoms with Crippen LogP contribution in [0.25, 0.3) is 10.8 Å². The third-order valence-electron chi connectivity index (χ3n) is 3.13. The lowest BCUT2D eigenvalue weighted by Gasteiger charge is -2.24. The lowest BCUT2D eigenvalue weighted by atomic mass is 9.81. The first kappa shape index (κ1) is 13.2. The Morgan fingerprint density at radius 2 is 1.53 bits per heavy atom. The summed E-state index contributed by atoms with van der Waals surface area (Å²) >= 11 is 0. The smallest absolute Gasteiger partial charge is 0.343 e. The van der Waals surface area contributed by atoms with E-state index < -0.39 is 22.7 Å². The van der Waals surface area contributed by atoms with Gasteiger partial charge in [-0.1, -0.05) is 45.0 Å². The van der Waals surface area contributed by atoms with E-state index in [4.69, 9.17) is 0 Å². The van der Waals surface area contributed by atoms with E-state index in [-0.39, 0.29) is 5.75 Å². The van der Waals surface area contributed by atoms with Crippen molar-refractivity contribution in [1.29, 1.82) is 0 Å². The number of aromatic hydroxyl groups is 2. The monoisotopic (exact) mass is 260 g/mol. The maximum atomic E-state index is 11.2. The summed E-state index contributed by atoms with van der Waals surface area (Å²) in [6, 6.07) is 6.92. The molecule has 4 heteroatoms. The number of carboxylic acid groups (broad SMARTS) is 1. The number of phenols is 2. The van der Waals surface area contributed by atoms with E-state index in [9.17, 15) is 20.1 Å². The van der Waals surface area contributed by atoms with Gasteiger partial charge in [-0.15, -0.1) is 0 Å². The summed E-state index contributed by atoms with van der Waals surface area (Å²) < 4.78 is 0. The molecule has 0 bridgehead atoms. The van der Waals surface area contributed by atoms with Crippen LogP contribution in [0.1, 0.15) is 36.7 Å². The molecule has 0 aliphatic heterocycles. The Morgan fingerprint density at radius 1 is 1.00 bits per heavy atom. The summed E-state index contributed by atoms with van der Waals surface area (Å²) in [7, 11) is 0. The number of rotatable bonds is 1. The van der Waals surface area contributed by atoms with Crippen LogP contribution in [0.2, 0.25) is 0 Å². The van der Waals surface area contributed by atoms with Crippen LogP contribution in [0.5, 0.6) is 11.5 Å². The molecule has 0 fully saturated rings. The van der Waals surface area contributed by atoms with E-state index in [1.165, 1.54) is 0 Å². The highest BCUT2D eigenvalue weighted by Crippen LogP contribution is 2.44. The van der Waals surface area contributed by atoms with E-state index in [1.807, 2.05) is 20.8 Å².